The molecule has 35 heavy (non-hydrogen) atoms. The molecular formula is C25H24ClN7O2. The van der Waals surface area contributed by atoms with Crippen molar-refractivity contribution >= 4 is 46.5 Å². The summed E-state index contributed by atoms with van der Waals surface area (Å²) in [6.45, 7) is 4.65. The molecule has 178 valence electrons. The Hall–Kier alpha value is -3.82. The van der Waals surface area contributed by atoms with Crippen LogP contribution in [-0.4, -0.2) is 57.8 Å². The highest BCUT2D eigenvalue weighted by Gasteiger charge is 2.20. The van der Waals surface area contributed by atoms with Gasteiger partial charge >= 0.3 is 0 Å². The van der Waals surface area contributed by atoms with Gasteiger partial charge in [-0.1, -0.05) is 53.6 Å². The van der Waals surface area contributed by atoms with Gasteiger partial charge in [0.15, 0.2) is 22.8 Å². The van der Waals surface area contributed by atoms with Crippen LogP contribution < -0.4 is 10.3 Å². The molecule has 0 saturated carbocycles. The number of Topliss-reactive ketones (excluding diaryl/α,β-unsaturated/α-hetero) is 1. The number of aromatic nitrogens is 4. The minimum Gasteiger partial charge on any atom is -0.378 e. The standard InChI is InChI=1S/C25H24ClN7O2/c1-17-4-2-5-18(12-17)14-28-31-23-22-24(30-25(29-23)32-8-10-35-11-9-32)33(16-27-22)15-21(34)19-6-3-7-20(26)13-19/h2-7,12-14,16H,8-11,15H2,1H3,(H,29,30,31)/b28-14+. The molecular weight excluding hydrogens is 466 g/mol. The van der Waals surface area contributed by atoms with Gasteiger partial charge in [0.25, 0.3) is 0 Å². The fourth-order valence-corrected chi connectivity index (χ4v) is 4.05. The number of nitrogens with zero attached hydrogens (tertiary/aromatic N) is 6. The minimum atomic E-state index is -0.0923. The molecule has 2 aromatic heterocycles. The van der Waals surface area contributed by atoms with Crippen molar-refractivity contribution < 1.29 is 9.53 Å². The van der Waals surface area contributed by atoms with Crippen LogP contribution in [0.15, 0.2) is 60.0 Å². The summed E-state index contributed by atoms with van der Waals surface area (Å²) < 4.78 is 7.19. The predicted molar refractivity (Wildman–Crippen MR) is 137 cm³/mol. The third kappa shape index (κ3) is 5.31. The summed E-state index contributed by atoms with van der Waals surface area (Å²) in [5.74, 6) is 0.908. The lowest BCUT2D eigenvalue weighted by atomic mass is 10.1. The molecule has 9 nitrogen and oxygen atoms in total. The highest BCUT2D eigenvalue weighted by Crippen LogP contribution is 2.24. The summed E-state index contributed by atoms with van der Waals surface area (Å²) >= 11 is 6.07. The van der Waals surface area contributed by atoms with E-state index in [2.05, 4.69) is 20.4 Å². The molecule has 4 aromatic rings. The number of carbonyl (C=O) groups excluding carboxylic acids is 1. The van der Waals surface area contributed by atoms with E-state index in [0.29, 0.717) is 59.8 Å². The van der Waals surface area contributed by atoms with Crippen LogP contribution >= 0.6 is 11.6 Å². The first-order valence-electron chi connectivity index (χ1n) is 11.3. The Morgan fingerprint density at radius 1 is 1.17 bits per heavy atom. The number of imidazole rings is 1. The molecule has 1 saturated heterocycles. The molecule has 2 aromatic carbocycles. The summed E-state index contributed by atoms with van der Waals surface area (Å²) in [4.78, 5) is 28.9. The van der Waals surface area contributed by atoms with Gasteiger partial charge in [0.05, 0.1) is 32.3 Å². The SMILES string of the molecule is Cc1cccc(/C=N/Nc2nc(N3CCOCC3)nc3c2ncn3CC(=O)c2cccc(Cl)c2)c1. The lowest BCUT2D eigenvalue weighted by Crippen LogP contribution is -2.37. The second-order valence-electron chi connectivity index (χ2n) is 8.23. The van der Waals surface area contributed by atoms with E-state index in [9.17, 15) is 4.79 Å². The molecule has 0 atom stereocenters. The lowest BCUT2D eigenvalue weighted by Gasteiger charge is -2.27. The largest absolute Gasteiger partial charge is 0.378 e. The third-order valence-corrected chi connectivity index (χ3v) is 5.87. The van der Waals surface area contributed by atoms with Gasteiger partial charge in [-0.25, -0.2) is 4.98 Å². The molecule has 10 heteroatoms. The van der Waals surface area contributed by atoms with Crippen LogP contribution in [0.2, 0.25) is 5.02 Å². The van der Waals surface area contributed by atoms with Gasteiger partial charge in [0.1, 0.15) is 0 Å². The number of halogens is 1. The molecule has 0 amide bonds. The van der Waals surface area contributed by atoms with Gasteiger partial charge in [0, 0.05) is 23.7 Å². The van der Waals surface area contributed by atoms with E-state index in [1.54, 1.807) is 41.4 Å². The third-order valence-electron chi connectivity index (χ3n) is 5.63. The van der Waals surface area contributed by atoms with Crippen LogP contribution in [0.5, 0.6) is 0 Å². The molecule has 0 bridgehead atoms. The molecule has 5 rings (SSSR count). The van der Waals surface area contributed by atoms with E-state index < -0.39 is 0 Å². The maximum absolute atomic E-state index is 12.9. The molecule has 1 aliphatic heterocycles. The number of ether oxygens (including phenoxy) is 1. The molecule has 0 radical (unpaired) electrons. The topological polar surface area (TPSA) is 97.5 Å². The second-order valence-corrected chi connectivity index (χ2v) is 8.67. The Kier molecular flexibility index (Phi) is 6.69. The number of hydrogen-bond acceptors (Lipinski definition) is 8. The molecule has 0 spiro atoms. The Morgan fingerprint density at radius 2 is 2.00 bits per heavy atom. The maximum Gasteiger partial charge on any atom is 0.229 e. The van der Waals surface area contributed by atoms with Gasteiger partial charge in [-0.3, -0.25) is 10.2 Å². The van der Waals surface area contributed by atoms with Crippen LogP contribution in [0, 0.1) is 6.92 Å². The smallest absolute Gasteiger partial charge is 0.229 e. The number of ketones is 1. The molecule has 1 N–H and O–H groups in total. The normalized spacial score (nSPS) is 14.1. The van der Waals surface area contributed by atoms with E-state index >= 15 is 0 Å². The van der Waals surface area contributed by atoms with Crippen molar-refractivity contribution in [2.75, 3.05) is 36.6 Å². The average Bonchev–Trinajstić information content (AvgIpc) is 3.27. The van der Waals surface area contributed by atoms with E-state index in [4.69, 9.17) is 26.3 Å². The first-order chi connectivity index (χ1) is 17.1. The Morgan fingerprint density at radius 3 is 2.80 bits per heavy atom. The van der Waals surface area contributed by atoms with Crippen molar-refractivity contribution in [2.45, 2.75) is 13.5 Å². The molecule has 3 heterocycles. The van der Waals surface area contributed by atoms with Gasteiger partial charge in [0.2, 0.25) is 5.95 Å². The number of carbonyl (C=O) groups is 1. The quantitative estimate of drug-likeness (QED) is 0.238. The van der Waals surface area contributed by atoms with Gasteiger partial charge in [-0.2, -0.15) is 15.1 Å². The first kappa shape index (κ1) is 22.9. The Balaban J connectivity index is 1.48. The maximum atomic E-state index is 12.9. The summed E-state index contributed by atoms with van der Waals surface area (Å²) in [5, 5.41) is 4.89. The number of fused-ring (bicyclic) bond motifs is 1. The first-order valence-corrected chi connectivity index (χ1v) is 11.6. The highest BCUT2D eigenvalue weighted by molar-refractivity contribution is 6.31. The number of nitrogens with one attached hydrogen (secondary N) is 1. The van der Waals surface area contributed by atoms with Crippen LogP contribution in [-0.2, 0) is 11.3 Å². The summed E-state index contributed by atoms with van der Waals surface area (Å²) in [6.07, 6.45) is 3.33. The number of rotatable bonds is 7. The Labute approximate surface area is 207 Å². The fourth-order valence-electron chi connectivity index (χ4n) is 3.86. The van der Waals surface area contributed by atoms with Crippen molar-refractivity contribution in [3.8, 4) is 0 Å². The summed E-state index contributed by atoms with van der Waals surface area (Å²) in [5.41, 5.74) is 6.75. The molecule has 1 aliphatic rings. The van der Waals surface area contributed by atoms with Gasteiger partial charge in [-0.15, -0.1) is 0 Å². The molecule has 0 aliphatic carbocycles. The van der Waals surface area contributed by atoms with Crippen molar-refractivity contribution in [1.29, 1.82) is 0 Å². The number of hydrogen-bond donors (Lipinski definition) is 1. The number of aryl methyl sites for hydroxylation is 1. The second kappa shape index (κ2) is 10.2. The van der Waals surface area contributed by atoms with E-state index in [0.717, 1.165) is 11.1 Å². The number of hydrazone groups is 1. The minimum absolute atomic E-state index is 0.0718. The van der Waals surface area contributed by atoms with E-state index in [-0.39, 0.29) is 12.3 Å². The van der Waals surface area contributed by atoms with Crippen molar-refractivity contribution in [3.05, 3.63) is 76.6 Å². The fraction of sp³-hybridized carbons (Fsp3) is 0.240. The van der Waals surface area contributed by atoms with Crippen molar-refractivity contribution in [2.24, 2.45) is 5.10 Å². The van der Waals surface area contributed by atoms with E-state index in [1.807, 2.05) is 31.2 Å². The van der Waals surface area contributed by atoms with E-state index in [1.165, 1.54) is 0 Å². The number of benzene rings is 2. The predicted octanol–water partition coefficient (Wildman–Crippen LogP) is 3.95. The lowest BCUT2D eigenvalue weighted by molar-refractivity contribution is 0.0973. The molecule has 0 unspecified atom stereocenters. The van der Waals surface area contributed by atoms with Crippen LogP contribution in [0.4, 0.5) is 11.8 Å². The van der Waals surface area contributed by atoms with Crippen molar-refractivity contribution in [1.82, 2.24) is 19.5 Å². The zero-order valence-electron chi connectivity index (χ0n) is 19.2. The summed E-state index contributed by atoms with van der Waals surface area (Å²) in [7, 11) is 0. The monoisotopic (exact) mass is 489 g/mol. The summed E-state index contributed by atoms with van der Waals surface area (Å²) in [6, 6.07) is 14.9. The molecule has 1 fully saturated rings. The van der Waals surface area contributed by atoms with Crippen LogP contribution in [0.25, 0.3) is 11.2 Å². The average molecular weight is 490 g/mol. The zero-order valence-corrected chi connectivity index (χ0v) is 19.9. The zero-order chi connectivity index (χ0) is 24.2. The van der Waals surface area contributed by atoms with Crippen molar-refractivity contribution in [3.63, 3.8) is 0 Å². The van der Waals surface area contributed by atoms with Crippen LogP contribution in [0.3, 0.4) is 0 Å². The van der Waals surface area contributed by atoms with Crippen LogP contribution in [0.1, 0.15) is 21.5 Å². The number of anilines is 2. The number of morpholine rings is 1. The Bertz CT molecular complexity index is 1400. The van der Waals surface area contributed by atoms with Gasteiger partial charge < -0.3 is 14.2 Å². The van der Waals surface area contributed by atoms with Gasteiger partial charge in [-0.05, 0) is 24.6 Å². The highest BCUT2D eigenvalue weighted by atomic mass is 35.5.